The molecule has 4 rings (SSSR count). The third-order valence-electron chi connectivity index (χ3n) is 5.52. The molecule has 4 nitrogen and oxygen atoms in total. The first-order chi connectivity index (χ1) is 13.7. The topological polar surface area (TPSA) is 59.4 Å². The van der Waals surface area contributed by atoms with Crippen molar-refractivity contribution in [3.63, 3.8) is 0 Å². The van der Waals surface area contributed by atoms with E-state index in [-0.39, 0.29) is 6.42 Å². The van der Waals surface area contributed by atoms with Gasteiger partial charge in [-0.1, -0.05) is 37.1 Å². The van der Waals surface area contributed by atoms with E-state index in [1.54, 1.807) is 0 Å². The Bertz CT molecular complexity index is 977. The molecule has 1 aliphatic carbocycles. The Balaban J connectivity index is 1.66. The van der Waals surface area contributed by atoms with Gasteiger partial charge in [0.15, 0.2) is 0 Å². The largest absolute Gasteiger partial charge is 0.493 e. The molecular formula is C24H25NO3. The van der Waals surface area contributed by atoms with Crippen molar-refractivity contribution in [2.75, 3.05) is 6.61 Å². The molecule has 0 bridgehead atoms. The monoisotopic (exact) mass is 375 g/mol. The molecular weight excluding hydrogens is 350 g/mol. The Labute approximate surface area is 165 Å². The number of benzene rings is 2. The highest BCUT2D eigenvalue weighted by Gasteiger charge is 2.17. The van der Waals surface area contributed by atoms with E-state index < -0.39 is 5.97 Å². The minimum absolute atomic E-state index is 0.123. The molecule has 0 saturated heterocycles. The van der Waals surface area contributed by atoms with Crippen molar-refractivity contribution in [2.24, 2.45) is 5.92 Å². The van der Waals surface area contributed by atoms with Gasteiger partial charge in [0.2, 0.25) is 0 Å². The Kier molecular flexibility index (Phi) is 5.56. The molecule has 4 heteroatoms. The number of fused-ring (bicyclic) bond motifs is 1. The second-order valence-corrected chi connectivity index (χ2v) is 7.60. The van der Waals surface area contributed by atoms with Crippen LogP contribution in [-0.2, 0) is 11.2 Å². The van der Waals surface area contributed by atoms with E-state index >= 15 is 0 Å². The summed E-state index contributed by atoms with van der Waals surface area (Å²) in [4.78, 5) is 15.5. The highest BCUT2D eigenvalue weighted by atomic mass is 16.5. The van der Waals surface area contributed by atoms with E-state index in [1.165, 1.54) is 25.7 Å². The smallest absolute Gasteiger partial charge is 0.303 e. The predicted molar refractivity (Wildman–Crippen MR) is 111 cm³/mol. The van der Waals surface area contributed by atoms with Gasteiger partial charge in [-0.3, -0.25) is 9.78 Å². The minimum Gasteiger partial charge on any atom is -0.493 e. The van der Waals surface area contributed by atoms with Crippen LogP contribution in [0.25, 0.3) is 22.0 Å². The quantitative estimate of drug-likeness (QED) is 0.593. The summed E-state index contributed by atoms with van der Waals surface area (Å²) in [6.07, 6.45) is 7.57. The van der Waals surface area contributed by atoms with Crippen molar-refractivity contribution in [1.29, 1.82) is 0 Å². The molecule has 0 spiro atoms. The van der Waals surface area contributed by atoms with Gasteiger partial charge in [-0.2, -0.15) is 0 Å². The highest BCUT2D eigenvalue weighted by molar-refractivity contribution is 5.84. The number of ether oxygens (including phenoxy) is 1. The van der Waals surface area contributed by atoms with Gasteiger partial charge in [0.1, 0.15) is 5.75 Å². The van der Waals surface area contributed by atoms with Crippen molar-refractivity contribution in [3.8, 4) is 16.9 Å². The number of aryl methyl sites for hydroxylation is 1. The van der Waals surface area contributed by atoms with Crippen molar-refractivity contribution in [1.82, 2.24) is 4.98 Å². The number of carboxylic acids is 1. The second-order valence-electron chi connectivity index (χ2n) is 7.60. The van der Waals surface area contributed by atoms with Gasteiger partial charge in [0, 0.05) is 29.1 Å². The number of carboxylic acid groups (broad SMARTS) is 1. The SMILES string of the molecule is O=C(O)CCc1ccc(OCC2CCCC2)c(-c2cnc3ccccc3c2)c1. The fourth-order valence-corrected chi connectivity index (χ4v) is 3.94. The molecule has 1 saturated carbocycles. The summed E-state index contributed by atoms with van der Waals surface area (Å²) in [6.45, 7) is 0.739. The van der Waals surface area contributed by atoms with Crippen LogP contribution < -0.4 is 4.74 Å². The maximum absolute atomic E-state index is 11.0. The van der Waals surface area contributed by atoms with Gasteiger partial charge < -0.3 is 9.84 Å². The number of pyridine rings is 1. The van der Waals surface area contributed by atoms with Gasteiger partial charge in [-0.05, 0) is 55.0 Å². The number of para-hydroxylation sites is 1. The normalized spacial score (nSPS) is 14.4. The average Bonchev–Trinajstić information content (AvgIpc) is 3.24. The van der Waals surface area contributed by atoms with Gasteiger partial charge in [0.25, 0.3) is 0 Å². The minimum atomic E-state index is -0.782. The number of aromatic nitrogens is 1. The van der Waals surface area contributed by atoms with Crippen LogP contribution in [0, 0.1) is 5.92 Å². The zero-order valence-electron chi connectivity index (χ0n) is 15.9. The summed E-state index contributed by atoms with van der Waals surface area (Å²) < 4.78 is 6.22. The lowest BCUT2D eigenvalue weighted by Gasteiger charge is -2.16. The Morgan fingerprint density at radius 1 is 1.11 bits per heavy atom. The van der Waals surface area contributed by atoms with E-state index in [1.807, 2.05) is 36.5 Å². The molecule has 1 fully saturated rings. The van der Waals surface area contributed by atoms with Crippen molar-refractivity contribution in [2.45, 2.75) is 38.5 Å². The lowest BCUT2D eigenvalue weighted by molar-refractivity contribution is -0.136. The Morgan fingerprint density at radius 2 is 1.93 bits per heavy atom. The number of nitrogens with zero attached hydrogens (tertiary/aromatic N) is 1. The molecule has 1 aromatic heterocycles. The molecule has 1 aliphatic rings. The van der Waals surface area contributed by atoms with E-state index in [0.29, 0.717) is 12.3 Å². The molecule has 1 heterocycles. The van der Waals surface area contributed by atoms with Crippen LogP contribution in [-0.4, -0.2) is 22.7 Å². The fraction of sp³-hybridized carbons (Fsp3) is 0.333. The number of rotatable bonds is 7. The van der Waals surface area contributed by atoms with Crippen LogP contribution >= 0.6 is 0 Å². The molecule has 0 atom stereocenters. The standard InChI is InChI=1S/C24H25NO3/c26-24(27)12-10-17-9-11-23(28-16-18-5-1-2-6-18)21(13-17)20-14-19-7-3-4-8-22(19)25-15-20/h3-4,7-9,11,13-15,18H,1-2,5-6,10,12,16H2,(H,26,27). The van der Waals surface area contributed by atoms with Crippen LogP contribution in [0.2, 0.25) is 0 Å². The number of carbonyl (C=O) groups is 1. The lowest BCUT2D eigenvalue weighted by atomic mass is 9.99. The summed E-state index contributed by atoms with van der Waals surface area (Å²) in [5.41, 5.74) is 3.94. The van der Waals surface area contributed by atoms with Gasteiger partial charge in [-0.15, -0.1) is 0 Å². The van der Waals surface area contributed by atoms with Crippen LogP contribution in [0.3, 0.4) is 0 Å². The molecule has 0 unspecified atom stereocenters. The highest BCUT2D eigenvalue weighted by Crippen LogP contribution is 2.34. The molecule has 0 aliphatic heterocycles. The number of aliphatic carboxylic acids is 1. The first-order valence-corrected chi connectivity index (χ1v) is 10.0. The number of hydrogen-bond acceptors (Lipinski definition) is 3. The maximum Gasteiger partial charge on any atom is 0.303 e. The molecule has 1 N–H and O–H groups in total. The lowest BCUT2D eigenvalue weighted by Crippen LogP contribution is -2.09. The van der Waals surface area contributed by atoms with Crippen molar-refractivity contribution in [3.05, 3.63) is 60.3 Å². The zero-order valence-corrected chi connectivity index (χ0v) is 15.9. The third-order valence-corrected chi connectivity index (χ3v) is 5.52. The summed E-state index contributed by atoms with van der Waals surface area (Å²) in [6, 6.07) is 16.2. The zero-order chi connectivity index (χ0) is 19.3. The summed E-state index contributed by atoms with van der Waals surface area (Å²) in [5, 5.41) is 10.1. The van der Waals surface area contributed by atoms with Gasteiger partial charge >= 0.3 is 5.97 Å². The first kappa shape index (κ1) is 18.5. The number of hydrogen-bond donors (Lipinski definition) is 1. The Hall–Kier alpha value is -2.88. The molecule has 0 amide bonds. The summed E-state index contributed by atoms with van der Waals surface area (Å²) in [7, 11) is 0. The predicted octanol–water partition coefficient (Wildman–Crippen LogP) is 5.49. The Morgan fingerprint density at radius 3 is 2.75 bits per heavy atom. The fourth-order valence-electron chi connectivity index (χ4n) is 3.94. The van der Waals surface area contributed by atoms with Crippen molar-refractivity contribution >= 4 is 16.9 Å². The molecule has 2 aromatic carbocycles. The molecule has 28 heavy (non-hydrogen) atoms. The maximum atomic E-state index is 11.0. The summed E-state index contributed by atoms with van der Waals surface area (Å²) >= 11 is 0. The van der Waals surface area contributed by atoms with E-state index in [0.717, 1.165) is 39.9 Å². The summed E-state index contributed by atoms with van der Waals surface area (Å²) in [5.74, 6) is 0.702. The first-order valence-electron chi connectivity index (χ1n) is 10.0. The third kappa shape index (κ3) is 4.33. The van der Waals surface area contributed by atoms with E-state index in [4.69, 9.17) is 9.84 Å². The van der Waals surface area contributed by atoms with Gasteiger partial charge in [0.05, 0.1) is 12.1 Å². The van der Waals surface area contributed by atoms with Crippen LogP contribution in [0.4, 0.5) is 0 Å². The van der Waals surface area contributed by atoms with E-state index in [2.05, 4.69) is 23.2 Å². The van der Waals surface area contributed by atoms with Crippen LogP contribution in [0.5, 0.6) is 5.75 Å². The molecule has 144 valence electrons. The molecule has 3 aromatic rings. The van der Waals surface area contributed by atoms with Crippen LogP contribution in [0.15, 0.2) is 54.7 Å². The van der Waals surface area contributed by atoms with E-state index in [9.17, 15) is 4.79 Å². The molecule has 0 radical (unpaired) electrons. The average molecular weight is 375 g/mol. The van der Waals surface area contributed by atoms with Crippen LogP contribution in [0.1, 0.15) is 37.7 Å². The second kappa shape index (κ2) is 8.42. The van der Waals surface area contributed by atoms with Gasteiger partial charge in [-0.25, -0.2) is 0 Å². The van der Waals surface area contributed by atoms with Crippen molar-refractivity contribution < 1.29 is 14.6 Å².